The summed E-state index contributed by atoms with van der Waals surface area (Å²) in [4.78, 5) is 52.2. The van der Waals surface area contributed by atoms with Crippen LogP contribution in [-0.2, 0) is 16.1 Å². The van der Waals surface area contributed by atoms with Gasteiger partial charge in [-0.3, -0.25) is 23.7 Å². The number of amides is 3. The summed E-state index contributed by atoms with van der Waals surface area (Å²) < 4.78 is 1.24. The molecule has 0 unspecified atom stereocenters. The molecule has 3 N–H and O–H groups in total. The Kier molecular flexibility index (Phi) is 7.17. The fraction of sp³-hybridized carbons (Fsp3) is 0.409. The van der Waals surface area contributed by atoms with Gasteiger partial charge in [0.05, 0.1) is 12.0 Å². The number of anilines is 1. The molecule has 9 nitrogen and oxygen atoms in total. The van der Waals surface area contributed by atoms with Crippen molar-refractivity contribution >= 4 is 23.4 Å². The highest BCUT2D eigenvalue weighted by Crippen LogP contribution is 2.30. The Bertz CT molecular complexity index is 1010. The van der Waals surface area contributed by atoms with Gasteiger partial charge >= 0.3 is 0 Å². The normalized spacial score (nSPS) is 13.0. The highest BCUT2D eigenvalue weighted by molar-refractivity contribution is 5.96. The van der Waals surface area contributed by atoms with Crippen molar-refractivity contribution in [2.75, 3.05) is 18.4 Å². The summed E-state index contributed by atoms with van der Waals surface area (Å²) in [5.41, 5.74) is 1.52. The Morgan fingerprint density at radius 1 is 1.10 bits per heavy atom. The first-order chi connectivity index (χ1) is 14.8. The lowest BCUT2D eigenvalue weighted by Gasteiger charge is -2.10. The molecule has 1 fully saturated rings. The predicted molar refractivity (Wildman–Crippen MR) is 116 cm³/mol. The smallest absolute Gasteiger partial charge is 0.254 e. The molecule has 0 saturated heterocycles. The van der Waals surface area contributed by atoms with Crippen molar-refractivity contribution in [3.63, 3.8) is 0 Å². The summed E-state index contributed by atoms with van der Waals surface area (Å²) in [7, 11) is 0. The van der Waals surface area contributed by atoms with Crippen molar-refractivity contribution in [3.8, 4) is 0 Å². The highest BCUT2D eigenvalue weighted by atomic mass is 16.2. The van der Waals surface area contributed by atoms with Crippen LogP contribution < -0.4 is 21.5 Å². The van der Waals surface area contributed by atoms with Crippen LogP contribution in [0, 0.1) is 5.92 Å². The fourth-order valence-electron chi connectivity index (χ4n) is 2.86. The van der Waals surface area contributed by atoms with Crippen molar-refractivity contribution in [2.45, 2.75) is 39.2 Å². The largest absolute Gasteiger partial charge is 0.353 e. The van der Waals surface area contributed by atoms with Crippen LogP contribution in [0.25, 0.3) is 0 Å². The number of hydrogen-bond donors (Lipinski definition) is 3. The molecular formula is C22H27N5O4. The molecule has 3 rings (SSSR count). The van der Waals surface area contributed by atoms with Crippen LogP contribution in [0.2, 0.25) is 0 Å². The van der Waals surface area contributed by atoms with Crippen LogP contribution in [0.5, 0.6) is 0 Å². The summed E-state index contributed by atoms with van der Waals surface area (Å²) >= 11 is 0. The quantitative estimate of drug-likeness (QED) is 0.522. The van der Waals surface area contributed by atoms with Gasteiger partial charge in [0.25, 0.3) is 11.5 Å². The minimum atomic E-state index is -0.341. The Labute approximate surface area is 180 Å². The van der Waals surface area contributed by atoms with Gasteiger partial charge in [0.15, 0.2) is 0 Å². The van der Waals surface area contributed by atoms with E-state index in [1.807, 2.05) is 13.8 Å². The summed E-state index contributed by atoms with van der Waals surface area (Å²) in [6, 6.07) is 8.08. The van der Waals surface area contributed by atoms with Crippen molar-refractivity contribution in [1.29, 1.82) is 0 Å². The molecule has 9 heteroatoms. The van der Waals surface area contributed by atoms with Gasteiger partial charge in [-0.05, 0) is 43.0 Å². The van der Waals surface area contributed by atoms with Crippen LogP contribution in [-0.4, -0.2) is 40.4 Å². The van der Waals surface area contributed by atoms with E-state index in [1.165, 1.54) is 17.0 Å². The van der Waals surface area contributed by atoms with Gasteiger partial charge in [-0.1, -0.05) is 13.8 Å². The molecular weight excluding hydrogens is 398 g/mol. The Balaban J connectivity index is 1.38. The van der Waals surface area contributed by atoms with Gasteiger partial charge in [0.2, 0.25) is 11.8 Å². The van der Waals surface area contributed by atoms with E-state index in [9.17, 15) is 19.2 Å². The molecule has 1 aromatic heterocycles. The first kappa shape index (κ1) is 22.2. The van der Waals surface area contributed by atoms with Gasteiger partial charge in [-0.15, -0.1) is 0 Å². The van der Waals surface area contributed by atoms with E-state index in [2.05, 4.69) is 20.9 Å². The lowest BCUT2D eigenvalue weighted by atomic mass is 10.1. The van der Waals surface area contributed by atoms with Gasteiger partial charge in [0, 0.05) is 36.3 Å². The monoisotopic (exact) mass is 425 g/mol. The number of aromatic nitrogens is 2. The zero-order valence-corrected chi connectivity index (χ0v) is 17.7. The van der Waals surface area contributed by atoms with Gasteiger partial charge in [0.1, 0.15) is 6.54 Å². The maximum atomic E-state index is 12.2. The zero-order chi connectivity index (χ0) is 22.4. The maximum absolute atomic E-state index is 12.2. The first-order valence-corrected chi connectivity index (χ1v) is 10.4. The van der Waals surface area contributed by atoms with E-state index >= 15 is 0 Å². The molecule has 1 heterocycles. The summed E-state index contributed by atoms with van der Waals surface area (Å²) in [5, 5.41) is 8.20. The molecule has 1 aliphatic rings. The standard InChI is InChI=1S/C22H27N5O4/c1-14(2)18-11-20(29)27(13-25-18)12-19(28)23-9-10-24-21(30)15-5-7-17(8-6-15)26-22(31)16-3-4-16/h5-8,11,13-14,16H,3-4,9-10,12H2,1-2H3,(H,23,28)(H,24,30)(H,26,31). The molecule has 31 heavy (non-hydrogen) atoms. The van der Waals surface area contributed by atoms with Crippen LogP contribution in [0.4, 0.5) is 5.69 Å². The lowest BCUT2D eigenvalue weighted by molar-refractivity contribution is -0.121. The molecule has 1 aromatic carbocycles. The number of nitrogens with zero attached hydrogens (tertiary/aromatic N) is 2. The van der Waals surface area contributed by atoms with E-state index in [0.29, 0.717) is 16.9 Å². The number of hydrogen-bond acceptors (Lipinski definition) is 5. The van der Waals surface area contributed by atoms with Crippen molar-refractivity contribution in [3.05, 3.63) is 58.3 Å². The molecule has 0 atom stereocenters. The summed E-state index contributed by atoms with van der Waals surface area (Å²) in [6.07, 6.45) is 3.23. The second-order valence-corrected chi connectivity index (χ2v) is 7.88. The lowest BCUT2D eigenvalue weighted by Crippen LogP contribution is -2.37. The maximum Gasteiger partial charge on any atom is 0.254 e. The van der Waals surface area contributed by atoms with Crippen molar-refractivity contribution in [2.24, 2.45) is 5.92 Å². The summed E-state index contributed by atoms with van der Waals surface area (Å²) in [5.74, 6) is -0.350. The topological polar surface area (TPSA) is 122 Å². The molecule has 0 spiro atoms. The third-order valence-electron chi connectivity index (χ3n) is 4.90. The van der Waals surface area contributed by atoms with Crippen LogP contribution in [0.1, 0.15) is 48.7 Å². The number of nitrogens with one attached hydrogen (secondary N) is 3. The molecule has 0 bridgehead atoms. The fourth-order valence-corrected chi connectivity index (χ4v) is 2.86. The predicted octanol–water partition coefficient (Wildman–Crippen LogP) is 1.26. The first-order valence-electron chi connectivity index (χ1n) is 10.4. The number of benzene rings is 1. The Morgan fingerprint density at radius 2 is 1.77 bits per heavy atom. The zero-order valence-electron chi connectivity index (χ0n) is 17.7. The molecule has 1 saturated carbocycles. The third kappa shape index (κ3) is 6.50. The van der Waals surface area contributed by atoms with E-state index in [1.54, 1.807) is 24.3 Å². The van der Waals surface area contributed by atoms with Gasteiger partial charge in [-0.25, -0.2) is 4.98 Å². The number of rotatable bonds is 9. The minimum Gasteiger partial charge on any atom is -0.353 e. The van der Waals surface area contributed by atoms with Gasteiger partial charge in [-0.2, -0.15) is 0 Å². The van der Waals surface area contributed by atoms with Gasteiger partial charge < -0.3 is 16.0 Å². The average molecular weight is 425 g/mol. The SMILES string of the molecule is CC(C)c1cc(=O)n(CC(=O)NCCNC(=O)c2ccc(NC(=O)C3CC3)cc2)cn1. The second kappa shape index (κ2) is 10.0. The van der Waals surface area contributed by atoms with E-state index in [4.69, 9.17) is 0 Å². The van der Waals surface area contributed by atoms with Crippen LogP contribution in [0.15, 0.2) is 41.5 Å². The molecule has 1 aliphatic carbocycles. The molecule has 3 amide bonds. The average Bonchev–Trinajstić information content (AvgIpc) is 3.58. The molecule has 0 radical (unpaired) electrons. The van der Waals surface area contributed by atoms with Crippen LogP contribution >= 0.6 is 0 Å². The van der Waals surface area contributed by atoms with E-state index < -0.39 is 0 Å². The molecule has 0 aliphatic heterocycles. The van der Waals surface area contributed by atoms with Crippen LogP contribution in [0.3, 0.4) is 0 Å². The summed E-state index contributed by atoms with van der Waals surface area (Å²) in [6.45, 7) is 4.21. The van der Waals surface area contributed by atoms with E-state index in [0.717, 1.165) is 12.8 Å². The second-order valence-electron chi connectivity index (χ2n) is 7.88. The van der Waals surface area contributed by atoms with E-state index in [-0.39, 0.29) is 54.8 Å². The molecule has 2 aromatic rings. The minimum absolute atomic E-state index is 0.0156. The number of carbonyl (C=O) groups excluding carboxylic acids is 3. The van der Waals surface area contributed by atoms with Crippen molar-refractivity contribution < 1.29 is 14.4 Å². The van der Waals surface area contributed by atoms with Crippen molar-refractivity contribution in [1.82, 2.24) is 20.2 Å². The Morgan fingerprint density at radius 3 is 2.39 bits per heavy atom. The molecule has 164 valence electrons. The Hall–Kier alpha value is -3.49. The highest BCUT2D eigenvalue weighted by Gasteiger charge is 2.29. The third-order valence-corrected chi connectivity index (χ3v) is 4.90. The number of carbonyl (C=O) groups is 3.